The van der Waals surface area contributed by atoms with E-state index in [0.717, 1.165) is 22.5 Å². The Morgan fingerprint density at radius 3 is 2.27 bits per heavy atom. The molecular weight excluding hydrogens is 362 g/mol. The van der Waals surface area contributed by atoms with Crippen molar-refractivity contribution in [3.63, 3.8) is 0 Å². The maximum atomic E-state index is 4.07. The van der Waals surface area contributed by atoms with Gasteiger partial charge in [-0.05, 0) is 72.4 Å². The molecule has 0 radical (unpaired) electrons. The summed E-state index contributed by atoms with van der Waals surface area (Å²) in [5.41, 5.74) is 6.66. The summed E-state index contributed by atoms with van der Waals surface area (Å²) in [7, 11) is 0. The highest BCUT2D eigenvalue weighted by molar-refractivity contribution is 5.68. The zero-order valence-corrected chi connectivity index (χ0v) is 20.1. The summed E-state index contributed by atoms with van der Waals surface area (Å²) in [6.07, 6.45) is 8.43. The van der Waals surface area contributed by atoms with Crippen LogP contribution in [0.15, 0.2) is 84.6 Å². The predicted octanol–water partition coefficient (Wildman–Crippen LogP) is 8.82. The highest BCUT2D eigenvalue weighted by Crippen LogP contribution is 2.23. The molecule has 0 aliphatic heterocycles. The third kappa shape index (κ3) is 10.5. The van der Waals surface area contributed by atoms with Gasteiger partial charge in [0.05, 0.1) is 0 Å². The fourth-order valence-corrected chi connectivity index (χ4v) is 2.70. The zero-order chi connectivity index (χ0) is 22.9. The van der Waals surface area contributed by atoms with E-state index in [1.165, 1.54) is 11.1 Å². The smallest absolute Gasteiger partial charge is 0.0384 e. The van der Waals surface area contributed by atoms with Crippen LogP contribution in [0, 0.1) is 25.0 Å². The molecule has 0 unspecified atom stereocenters. The van der Waals surface area contributed by atoms with Crippen LogP contribution in [-0.2, 0) is 0 Å². The highest BCUT2D eigenvalue weighted by Gasteiger charge is 2.05. The molecule has 0 saturated heterocycles. The third-order valence-electron chi connectivity index (χ3n) is 3.94. The summed E-state index contributed by atoms with van der Waals surface area (Å²) in [6.45, 7) is 20.6. The number of benzene rings is 1. The topological polar surface area (TPSA) is 12.0 Å². The van der Waals surface area contributed by atoms with Gasteiger partial charge < -0.3 is 5.32 Å². The van der Waals surface area contributed by atoms with Crippen LogP contribution in [0.5, 0.6) is 0 Å². The Labute approximate surface area is 185 Å². The van der Waals surface area contributed by atoms with Gasteiger partial charge in [0.25, 0.3) is 0 Å². The van der Waals surface area contributed by atoms with Crippen molar-refractivity contribution in [2.24, 2.45) is 5.92 Å². The molecular formula is C29H39N. The lowest BCUT2D eigenvalue weighted by molar-refractivity contribution is 0.855. The van der Waals surface area contributed by atoms with Crippen LogP contribution in [-0.4, -0.2) is 0 Å². The minimum atomic E-state index is 0.439. The Morgan fingerprint density at radius 2 is 1.70 bits per heavy atom. The molecule has 0 saturated carbocycles. The van der Waals surface area contributed by atoms with Gasteiger partial charge in [0.2, 0.25) is 0 Å². The van der Waals surface area contributed by atoms with Crippen LogP contribution >= 0.6 is 0 Å². The van der Waals surface area contributed by atoms with Crippen LogP contribution in [0.3, 0.4) is 0 Å². The quantitative estimate of drug-likeness (QED) is 0.457. The van der Waals surface area contributed by atoms with E-state index in [2.05, 4.69) is 69.1 Å². The van der Waals surface area contributed by atoms with E-state index in [-0.39, 0.29) is 0 Å². The zero-order valence-electron chi connectivity index (χ0n) is 20.1. The first-order valence-corrected chi connectivity index (χ1v) is 10.9. The van der Waals surface area contributed by atoms with Gasteiger partial charge >= 0.3 is 0 Å². The molecule has 0 heterocycles. The molecule has 1 N–H and O–H groups in total. The monoisotopic (exact) mass is 401 g/mol. The molecule has 160 valence electrons. The molecule has 2 aromatic carbocycles. The number of anilines is 1. The Kier molecular flexibility index (Phi) is 14.3. The second-order valence-corrected chi connectivity index (χ2v) is 6.74. The number of nitrogens with one attached hydrogen (secondary N) is 1. The van der Waals surface area contributed by atoms with Gasteiger partial charge in [-0.15, -0.1) is 0 Å². The highest BCUT2D eigenvalue weighted by atomic mass is 14.9. The largest absolute Gasteiger partial charge is 0.356 e. The van der Waals surface area contributed by atoms with Gasteiger partial charge in [-0.2, -0.15) is 0 Å². The van der Waals surface area contributed by atoms with Crippen molar-refractivity contribution < 1.29 is 0 Å². The average Bonchev–Trinajstić information content (AvgIpc) is 2.74. The minimum Gasteiger partial charge on any atom is -0.356 e. The van der Waals surface area contributed by atoms with Crippen LogP contribution in [0.2, 0.25) is 0 Å². The second kappa shape index (κ2) is 15.9. The van der Waals surface area contributed by atoms with E-state index in [0.29, 0.717) is 5.92 Å². The Balaban J connectivity index is 0.00000198. The van der Waals surface area contributed by atoms with Crippen molar-refractivity contribution in [2.45, 2.75) is 55.4 Å². The van der Waals surface area contributed by atoms with Crippen molar-refractivity contribution >= 4 is 11.3 Å². The van der Waals surface area contributed by atoms with Crippen molar-refractivity contribution in [1.29, 1.82) is 0 Å². The first kappa shape index (κ1) is 27.0. The van der Waals surface area contributed by atoms with Gasteiger partial charge in [-0.25, -0.2) is 0 Å². The van der Waals surface area contributed by atoms with E-state index >= 15 is 0 Å². The summed E-state index contributed by atoms with van der Waals surface area (Å²) in [5, 5.41) is 3.29. The number of allylic oxidation sites excluding steroid dienone is 6. The predicted molar refractivity (Wildman–Crippen MR) is 136 cm³/mol. The van der Waals surface area contributed by atoms with Crippen LogP contribution in [0.25, 0.3) is 5.57 Å². The number of hydrogen-bond acceptors (Lipinski definition) is 1. The summed E-state index contributed by atoms with van der Waals surface area (Å²) in [4.78, 5) is 0. The Bertz CT molecular complexity index is 820. The fourth-order valence-electron chi connectivity index (χ4n) is 2.70. The molecule has 0 atom stereocenters. The maximum absolute atomic E-state index is 4.07. The van der Waals surface area contributed by atoms with Gasteiger partial charge in [0.15, 0.2) is 0 Å². The molecule has 0 aliphatic rings. The molecule has 0 fully saturated rings. The molecule has 1 nitrogen and oxygen atoms in total. The van der Waals surface area contributed by atoms with E-state index in [4.69, 9.17) is 0 Å². The first-order valence-electron chi connectivity index (χ1n) is 10.9. The van der Waals surface area contributed by atoms with E-state index in [1.807, 2.05) is 77.1 Å². The molecule has 1 heteroatoms. The lowest BCUT2D eigenvalue weighted by atomic mass is 9.94. The first-order chi connectivity index (χ1) is 14.5. The van der Waals surface area contributed by atoms with Crippen molar-refractivity contribution in [1.82, 2.24) is 0 Å². The van der Waals surface area contributed by atoms with Crippen LogP contribution in [0.4, 0.5) is 5.69 Å². The van der Waals surface area contributed by atoms with Gasteiger partial charge in [-0.3, -0.25) is 0 Å². The summed E-state index contributed by atoms with van der Waals surface area (Å²) in [5.74, 6) is 0.439. The standard InChI is InChI=1S/C25H27N.2C2H6/c1-19(2)25(23-13-9-11-21(4)18-23)16-10-12-20(3)17-22(5)26-24-14-7-6-8-15-24;2*1-2/h6-8,10,12-19,26H,5H2,1-4H3;2*1-2H3/b12-10-,20-17+,25-16+;;. The Morgan fingerprint density at radius 1 is 1.07 bits per heavy atom. The van der Waals surface area contributed by atoms with Crippen molar-refractivity contribution in [3.8, 4) is 0 Å². The molecule has 0 aromatic heterocycles. The SMILES string of the molecule is C=C(/C=C(C)/C=C\C=C(\c1cc#cc(C)c1)C(C)C)Nc1ccccc1.CC.CC. The van der Waals surface area contributed by atoms with Crippen molar-refractivity contribution in [3.05, 3.63) is 108 Å². The minimum absolute atomic E-state index is 0.439. The number of para-hydroxylation sites is 1. The lowest BCUT2D eigenvalue weighted by Gasteiger charge is -2.10. The number of hydrogen-bond donors (Lipinski definition) is 1. The molecule has 2 rings (SSSR count). The van der Waals surface area contributed by atoms with Crippen LogP contribution in [0.1, 0.15) is 59.6 Å². The second-order valence-electron chi connectivity index (χ2n) is 6.74. The average molecular weight is 402 g/mol. The van der Waals surface area contributed by atoms with E-state index in [9.17, 15) is 0 Å². The van der Waals surface area contributed by atoms with E-state index < -0.39 is 0 Å². The third-order valence-corrected chi connectivity index (χ3v) is 3.94. The van der Waals surface area contributed by atoms with Gasteiger partial charge in [-0.1, -0.05) is 96.7 Å². The maximum Gasteiger partial charge on any atom is 0.0384 e. The summed E-state index contributed by atoms with van der Waals surface area (Å²) in [6, 6.07) is 20.4. The normalized spacial score (nSPS) is 11.1. The Hall–Kier alpha value is -2.98. The fraction of sp³-hybridized carbons (Fsp3) is 0.310. The number of aryl methyl sites for hydroxylation is 1. The molecule has 2 aromatic rings. The van der Waals surface area contributed by atoms with Gasteiger partial charge in [0, 0.05) is 11.4 Å². The number of rotatable bonds is 7. The molecule has 0 spiro atoms. The molecule has 0 amide bonds. The summed E-state index contributed by atoms with van der Waals surface area (Å²) < 4.78 is 0. The lowest BCUT2D eigenvalue weighted by Crippen LogP contribution is -1.95. The van der Waals surface area contributed by atoms with Crippen molar-refractivity contribution in [2.75, 3.05) is 5.32 Å². The van der Waals surface area contributed by atoms with Gasteiger partial charge in [0.1, 0.15) is 0 Å². The van der Waals surface area contributed by atoms with Crippen LogP contribution < -0.4 is 5.32 Å². The summed E-state index contributed by atoms with van der Waals surface area (Å²) >= 11 is 0. The van der Waals surface area contributed by atoms with E-state index in [1.54, 1.807) is 0 Å². The molecule has 30 heavy (non-hydrogen) atoms. The molecule has 0 aliphatic carbocycles. The molecule has 0 bridgehead atoms.